The minimum Gasteiger partial charge on any atom is -0.480 e. The van der Waals surface area contributed by atoms with Crippen LogP contribution in [0.25, 0.3) is 0 Å². The van der Waals surface area contributed by atoms with Crippen LogP contribution in [-0.2, 0) is 27.2 Å². The molecule has 8 heteroatoms. The molecule has 1 aliphatic heterocycles. The van der Waals surface area contributed by atoms with Crippen molar-refractivity contribution in [3.63, 3.8) is 0 Å². The van der Waals surface area contributed by atoms with E-state index in [0.29, 0.717) is 17.2 Å². The van der Waals surface area contributed by atoms with Crippen LogP contribution in [0.4, 0.5) is 5.00 Å². The van der Waals surface area contributed by atoms with Gasteiger partial charge in [0.05, 0.1) is 15.9 Å². The zero-order valence-electron chi connectivity index (χ0n) is 14.4. The van der Waals surface area contributed by atoms with E-state index in [2.05, 4.69) is 10.6 Å². The van der Waals surface area contributed by atoms with Crippen LogP contribution in [0.3, 0.4) is 0 Å². The van der Waals surface area contributed by atoms with Gasteiger partial charge in [0.1, 0.15) is 12.6 Å². The summed E-state index contributed by atoms with van der Waals surface area (Å²) in [6.07, 6.45) is 1.33. The fourth-order valence-corrected chi connectivity index (χ4v) is 5.08. The van der Waals surface area contributed by atoms with E-state index in [1.165, 1.54) is 11.3 Å². The molecule has 0 radical (unpaired) electrons. The first-order valence-corrected chi connectivity index (χ1v) is 9.93. The molecule has 2 aliphatic rings. The summed E-state index contributed by atoms with van der Waals surface area (Å²) in [5.74, 6) is -1.12. The number of fused-ring (bicyclic) bond motifs is 2. The van der Waals surface area contributed by atoms with Gasteiger partial charge in [-0.2, -0.15) is 0 Å². The summed E-state index contributed by atoms with van der Waals surface area (Å²) < 4.78 is 6.06. The van der Waals surface area contributed by atoms with E-state index < -0.39 is 5.97 Å². The molecule has 3 N–H and O–H groups in total. The third-order valence-corrected chi connectivity index (χ3v) is 6.29. The van der Waals surface area contributed by atoms with Crippen molar-refractivity contribution in [3.8, 4) is 0 Å². The van der Waals surface area contributed by atoms with E-state index >= 15 is 0 Å². The van der Waals surface area contributed by atoms with Gasteiger partial charge in [-0.25, -0.2) is 4.79 Å². The molecular weight excluding hydrogens is 388 g/mol. The Bertz CT molecular complexity index is 861. The Labute approximate surface area is 165 Å². The first-order valence-electron chi connectivity index (χ1n) is 8.73. The molecule has 1 amide bonds. The van der Waals surface area contributed by atoms with E-state index in [-0.39, 0.29) is 37.1 Å². The van der Waals surface area contributed by atoms with Crippen molar-refractivity contribution in [3.05, 3.63) is 51.4 Å². The molecule has 1 unspecified atom stereocenters. The molecule has 0 fully saturated rings. The lowest BCUT2D eigenvalue weighted by molar-refractivity contribution is -0.142. The molecule has 0 saturated heterocycles. The van der Waals surface area contributed by atoms with Crippen molar-refractivity contribution in [2.24, 2.45) is 0 Å². The van der Waals surface area contributed by atoms with Crippen LogP contribution in [0.5, 0.6) is 0 Å². The van der Waals surface area contributed by atoms with Gasteiger partial charge in [0.15, 0.2) is 0 Å². The SMILES string of the molecule is O=C(O)COC[C@@H]1c2ccccc2C[C@H]1NC(=O)C1Cc2cc(Cl)sc2N1. The minimum atomic E-state index is -0.998. The van der Waals surface area contributed by atoms with E-state index in [1.807, 2.05) is 30.3 Å². The first kappa shape index (κ1) is 18.3. The predicted molar refractivity (Wildman–Crippen MR) is 104 cm³/mol. The molecule has 0 bridgehead atoms. The number of aliphatic carboxylic acids is 1. The number of rotatable bonds is 6. The van der Waals surface area contributed by atoms with Gasteiger partial charge < -0.3 is 20.5 Å². The Morgan fingerprint density at radius 1 is 1.30 bits per heavy atom. The highest BCUT2D eigenvalue weighted by Gasteiger charge is 2.36. The average molecular weight is 407 g/mol. The fourth-order valence-electron chi connectivity index (χ4n) is 3.85. The highest BCUT2D eigenvalue weighted by atomic mass is 35.5. The first-order chi connectivity index (χ1) is 13.0. The fraction of sp³-hybridized carbons (Fsp3) is 0.368. The smallest absolute Gasteiger partial charge is 0.329 e. The number of ether oxygens (including phenoxy) is 1. The number of nitrogens with one attached hydrogen (secondary N) is 2. The molecule has 0 spiro atoms. The molecular formula is C19H19ClN2O4S. The second kappa shape index (κ2) is 7.50. The van der Waals surface area contributed by atoms with E-state index in [9.17, 15) is 9.59 Å². The summed E-state index contributed by atoms with van der Waals surface area (Å²) in [6, 6.07) is 9.45. The highest BCUT2D eigenvalue weighted by Crippen LogP contribution is 2.38. The molecule has 2 aromatic rings. The van der Waals surface area contributed by atoms with Crippen LogP contribution in [0.15, 0.2) is 30.3 Å². The Hall–Kier alpha value is -2.09. The van der Waals surface area contributed by atoms with Gasteiger partial charge in [0.25, 0.3) is 0 Å². The van der Waals surface area contributed by atoms with E-state index in [4.69, 9.17) is 21.4 Å². The topological polar surface area (TPSA) is 87.7 Å². The Balaban J connectivity index is 1.43. The minimum absolute atomic E-state index is 0.0597. The zero-order valence-corrected chi connectivity index (χ0v) is 16.0. The zero-order chi connectivity index (χ0) is 19.0. The molecule has 142 valence electrons. The van der Waals surface area contributed by atoms with Gasteiger partial charge in [-0.3, -0.25) is 4.79 Å². The number of benzene rings is 1. The lowest BCUT2D eigenvalue weighted by Crippen LogP contribution is -2.46. The molecule has 4 rings (SSSR count). The maximum absolute atomic E-state index is 12.8. The lowest BCUT2D eigenvalue weighted by atomic mass is 9.99. The summed E-state index contributed by atoms with van der Waals surface area (Å²) in [4.78, 5) is 23.5. The second-order valence-corrected chi connectivity index (χ2v) is 8.52. The van der Waals surface area contributed by atoms with Crippen LogP contribution in [0.2, 0.25) is 4.34 Å². The van der Waals surface area contributed by atoms with Gasteiger partial charge in [-0.05, 0) is 29.2 Å². The number of carbonyl (C=O) groups is 2. The lowest BCUT2D eigenvalue weighted by Gasteiger charge is -2.23. The van der Waals surface area contributed by atoms with Crippen LogP contribution >= 0.6 is 22.9 Å². The van der Waals surface area contributed by atoms with Crippen molar-refractivity contribution < 1.29 is 19.4 Å². The van der Waals surface area contributed by atoms with Gasteiger partial charge in [-0.1, -0.05) is 35.9 Å². The molecule has 2 heterocycles. The predicted octanol–water partition coefficient (Wildman–Crippen LogP) is 2.66. The van der Waals surface area contributed by atoms with Crippen molar-refractivity contribution in [2.45, 2.75) is 30.8 Å². The maximum atomic E-state index is 12.8. The number of thiophene rings is 1. The number of halogens is 1. The van der Waals surface area contributed by atoms with Crippen LogP contribution in [0, 0.1) is 0 Å². The third-order valence-electron chi connectivity index (χ3n) is 5.06. The summed E-state index contributed by atoms with van der Waals surface area (Å²) in [7, 11) is 0. The summed E-state index contributed by atoms with van der Waals surface area (Å²) >= 11 is 7.45. The second-order valence-electron chi connectivity index (χ2n) is 6.84. The van der Waals surface area contributed by atoms with Crippen molar-refractivity contribution in [2.75, 3.05) is 18.5 Å². The number of carboxylic acid groups (broad SMARTS) is 1. The van der Waals surface area contributed by atoms with Gasteiger partial charge in [0.2, 0.25) is 5.91 Å². The molecule has 1 aromatic carbocycles. The van der Waals surface area contributed by atoms with Gasteiger partial charge >= 0.3 is 5.97 Å². The summed E-state index contributed by atoms with van der Waals surface area (Å²) in [5, 5.41) is 16.1. The number of anilines is 1. The molecule has 1 aromatic heterocycles. The normalized spacial score (nSPS) is 22.8. The van der Waals surface area contributed by atoms with Gasteiger partial charge in [-0.15, -0.1) is 11.3 Å². The molecule has 27 heavy (non-hydrogen) atoms. The largest absolute Gasteiger partial charge is 0.480 e. The maximum Gasteiger partial charge on any atom is 0.329 e. The van der Waals surface area contributed by atoms with Crippen LogP contribution < -0.4 is 10.6 Å². The van der Waals surface area contributed by atoms with E-state index in [0.717, 1.165) is 21.7 Å². The number of hydrogen-bond donors (Lipinski definition) is 3. The Kier molecular flexibility index (Phi) is 5.08. The Morgan fingerprint density at radius 2 is 2.11 bits per heavy atom. The van der Waals surface area contributed by atoms with Crippen LogP contribution in [-0.4, -0.2) is 42.3 Å². The summed E-state index contributed by atoms with van der Waals surface area (Å²) in [6.45, 7) is -0.0836. The van der Waals surface area contributed by atoms with Gasteiger partial charge in [0, 0.05) is 18.4 Å². The van der Waals surface area contributed by atoms with Crippen LogP contribution in [0.1, 0.15) is 22.6 Å². The molecule has 0 saturated carbocycles. The van der Waals surface area contributed by atoms with Crippen molar-refractivity contribution in [1.82, 2.24) is 5.32 Å². The third kappa shape index (κ3) is 3.81. The quantitative estimate of drug-likeness (QED) is 0.686. The molecule has 3 atom stereocenters. The monoisotopic (exact) mass is 406 g/mol. The van der Waals surface area contributed by atoms with E-state index in [1.54, 1.807) is 0 Å². The number of carboxylic acids is 1. The number of amides is 1. The number of carbonyl (C=O) groups excluding carboxylic acids is 1. The average Bonchev–Trinajstić information content (AvgIpc) is 3.26. The van der Waals surface area contributed by atoms with Crippen molar-refractivity contribution >= 4 is 39.8 Å². The number of hydrogen-bond acceptors (Lipinski definition) is 5. The summed E-state index contributed by atoms with van der Waals surface area (Å²) in [5.41, 5.74) is 3.34. The molecule has 1 aliphatic carbocycles. The standard InChI is InChI=1S/C19H19ClN2O4S/c20-16-7-11-6-15(22-19(11)27-16)18(25)21-14-5-10-3-1-2-4-12(10)13(14)8-26-9-17(23)24/h1-4,7,13-15,22H,5-6,8-9H2,(H,21,25)(H,23,24)/t13-,14-,15?/m1/s1. The van der Waals surface area contributed by atoms with Crippen molar-refractivity contribution in [1.29, 1.82) is 0 Å². The molecule has 6 nitrogen and oxygen atoms in total. The highest BCUT2D eigenvalue weighted by molar-refractivity contribution is 7.20. The Morgan fingerprint density at radius 3 is 2.89 bits per heavy atom.